The predicted octanol–water partition coefficient (Wildman–Crippen LogP) is -0.831. The second kappa shape index (κ2) is 4.72. The summed E-state index contributed by atoms with van der Waals surface area (Å²) in [6.07, 6.45) is 0.0142. The number of ether oxygens (including phenoxy) is 1. The molecule has 0 aliphatic carbocycles. The first kappa shape index (κ1) is 11.4. The van der Waals surface area contributed by atoms with E-state index in [1.54, 1.807) is 0 Å². The van der Waals surface area contributed by atoms with E-state index in [1.807, 2.05) is 0 Å². The third-order valence-corrected chi connectivity index (χ3v) is 3.31. The smallest absolute Gasteiger partial charge is 0.303 e. The lowest BCUT2D eigenvalue weighted by Crippen LogP contribution is -2.49. The molecule has 1 aliphatic heterocycles. The van der Waals surface area contributed by atoms with Crippen LogP contribution in [0.25, 0.3) is 0 Å². The van der Waals surface area contributed by atoms with Crippen molar-refractivity contribution >= 4 is 16.0 Å². The molecule has 82 valence electrons. The van der Waals surface area contributed by atoms with Crippen LogP contribution in [-0.2, 0) is 19.6 Å². The number of sulfonamides is 1. The third kappa shape index (κ3) is 4.03. The van der Waals surface area contributed by atoms with Gasteiger partial charge in [0.25, 0.3) is 0 Å². The number of hydrogen-bond acceptors (Lipinski definition) is 4. The number of carboxylic acid groups (broad SMARTS) is 1. The molecule has 0 bridgehead atoms. The molecule has 1 rings (SSSR count). The molecule has 1 aliphatic rings. The fourth-order valence-corrected chi connectivity index (χ4v) is 2.32. The van der Waals surface area contributed by atoms with Gasteiger partial charge < -0.3 is 9.84 Å². The number of hydrogen-bond donors (Lipinski definition) is 2. The highest BCUT2D eigenvalue weighted by Gasteiger charge is 2.23. The van der Waals surface area contributed by atoms with Crippen molar-refractivity contribution in [3.63, 3.8) is 0 Å². The van der Waals surface area contributed by atoms with Crippen molar-refractivity contribution in [3.05, 3.63) is 0 Å². The Morgan fingerprint density at radius 2 is 2.14 bits per heavy atom. The van der Waals surface area contributed by atoms with Crippen LogP contribution in [-0.4, -0.2) is 44.5 Å². The molecule has 7 heteroatoms. The van der Waals surface area contributed by atoms with E-state index in [-0.39, 0.29) is 24.6 Å². The van der Waals surface area contributed by atoms with Crippen LogP contribution < -0.4 is 4.72 Å². The molecule has 0 radical (unpaired) electrons. The molecule has 2 N–H and O–H groups in total. The Hall–Kier alpha value is -0.660. The van der Waals surface area contributed by atoms with Gasteiger partial charge in [-0.1, -0.05) is 0 Å². The summed E-state index contributed by atoms with van der Waals surface area (Å²) < 4.78 is 29.7. The van der Waals surface area contributed by atoms with Crippen molar-refractivity contribution in [3.8, 4) is 0 Å². The highest BCUT2D eigenvalue weighted by molar-refractivity contribution is 7.89. The summed E-state index contributed by atoms with van der Waals surface area (Å²) in [5, 5.41) is 8.31. The molecular formula is C7H13NO5S. The summed E-state index contributed by atoms with van der Waals surface area (Å²) in [5.41, 5.74) is 0. The molecule has 0 aromatic carbocycles. The number of carbonyl (C=O) groups is 1. The maximum absolute atomic E-state index is 11.3. The molecule has 0 unspecified atom stereocenters. The van der Waals surface area contributed by atoms with E-state index >= 15 is 0 Å². The van der Waals surface area contributed by atoms with Crippen LogP contribution in [0.3, 0.4) is 0 Å². The summed E-state index contributed by atoms with van der Waals surface area (Å²) in [6.45, 7) is 0.802. The van der Waals surface area contributed by atoms with Gasteiger partial charge in [0, 0.05) is 6.42 Å². The summed E-state index contributed by atoms with van der Waals surface area (Å²) in [6, 6.07) is -0.134. The van der Waals surface area contributed by atoms with Crippen LogP contribution in [0, 0.1) is 0 Å². The van der Waals surface area contributed by atoms with E-state index in [0.717, 1.165) is 0 Å². The molecule has 1 saturated heterocycles. The van der Waals surface area contributed by atoms with Gasteiger partial charge in [0.2, 0.25) is 10.0 Å². The monoisotopic (exact) mass is 223 g/mol. The zero-order chi connectivity index (χ0) is 10.6. The van der Waals surface area contributed by atoms with Crippen molar-refractivity contribution in [1.82, 2.24) is 4.72 Å². The zero-order valence-corrected chi connectivity index (χ0v) is 8.42. The number of aliphatic carboxylic acids is 1. The summed E-state index contributed by atoms with van der Waals surface area (Å²) in [4.78, 5) is 10.1. The predicted molar refractivity (Wildman–Crippen MR) is 48.4 cm³/mol. The Morgan fingerprint density at radius 1 is 1.50 bits per heavy atom. The normalized spacial score (nSPS) is 17.7. The third-order valence-electron chi connectivity index (χ3n) is 1.79. The summed E-state index contributed by atoms with van der Waals surface area (Å²) >= 11 is 0. The van der Waals surface area contributed by atoms with E-state index in [2.05, 4.69) is 4.72 Å². The lowest BCUT2D eigenvalue weighted by molar-refractivity contribution is -0.137. The average Bonchev–Trinajstić information content (AvgIpc) is 1.96. The Bertz CT molecular complexity index is 295. The Kier molecular flexibility index (Phi) is 3.85. The number of nitrogens with one attached hydrogen (secondary N) is 1. The highest BCUT2D eigenvalue weighted by Crippen LogP contribution is 2.03. The SMILES string of the molecule is O=C(O)CCCS(=O)(=O)NC1COC1. The van der Waals surface area contributed by atoms with Crippen molar-refractivity contribution < 1.29 is 23.1 Å². The molecule has 1 heterocycles. The van der Waals surface area contributed by atoms with E-state index < -0.39 is 16.0 Å². The maximum atomic E-state index is 11.3. The molecular weight excluding hydrogens is 210 g/mol. The van der Waals surface area contributed by atoms with Crippen molar-refractivity contribution in [2.24, 2.45) is 0 Å². The van der Waals surface area contributed by atoms with E-state index in [4.69, 9.17) is 9.84 Å². The van der Waals surface area contributed by atoms with Crippen molar-refractivity contribution in [2.75, 3.05) is 19.0 Å². The topological polar surface area (TPSA) is 92.7 Å². The first-order valence-corrected chi connectivity index (χ1v) is 5.94. The molecule has 0 aromatic heterocycles. The summed E-state index contributed by atoms with van der Waals surface area (Å²) in [7, 11) is -3.33. The molecule has 6 nitrogen and oxygen atoms in total. The molecule has 1 fully saturated rings. The van der Waals surface area contributed by atoms with Crippen molar-refractivity contribution in [1.29, 1.82) is 0 Å². The van der Waals surface area contributed by atoms with Crippen LogP contribution in [0.15, 0.2) is 0 Å². The first-order chi connectivity index (χ1) is 6.49. The Balaban J connectivity index is 2.23. The average molecular weight is 223 g/mol. The lowest BCUT2D eigenvalue weighted by atomic mass is 10.3. The summed E-state index contributed by atoms with van der Waals surface area (Å²) in [5.74, 6) is -1.12. The van der Waals surface area contributed by atoms with E-state index in [9.17, 15) is 13.2 Å². The van der Waals surface area contributed by atoms with Gasteiger partial charge in [0.1, 0.15) is 0 Å². The fraction of sp³-hybridized carbons (Fsp3) is 0.857. The van der Waals surface area contributed by atoms with Gasteiger partial charge >= 0.3 is 5.97 Å². The highest BCUT2D eigenvalue weighted by atomic mass is 32.2. The van der Waals surface area contributed by atoms with Crippen LogP contribution in [0.4, 0.5) is 0 Å². The standard InChI is InChI=1S/C7H13NO5S/c9-7(10)2-1-3-14(11,12)8-6-4-13-5-6/h6,8H,1-5H2,(H,9,10). The lowest BCUT2D eigenvalue weighted by Gasteiger charge is -2.26. The Labute approximate surface area is 82.3 Å². The first-order valence-electron chi connectivity index (χ1n) is 4.29. The second-order valence-corrected chi connectivity index (χ2v) is 5.04. The zero-order valence-electron chi connectivity index (χ0n) is 7.60. The quantitative estimate of drug-likeness (QED) is 0.613. The van der Waals surface area contributed by atoms with Crippen LogP contribution in [0.2, 0.25) is 0 Å². The minimum absolute atomic E-state index is 0.123. The van der Waals surface area contributed by atoms with Gasteiger partial charge in [0.05, 0.1) is 25.0 Å². The number of carboxylic acids is 1. The van der Waals surface area contributed by atoms with Crippen LogP contribution >= 0.6 is 0 Å². The molecule has 0 atom stereocenters. The maximum Gasteiger partial charge on any atom is 0.303 e. The molecule has 0 spiro atoms. The minimum atomic E-state index is -3.33. The second-order valence-electron chi connectivity index (χ2n) is 3.17. The van der Waals surface area contributed by atoms with Gasteiger partial charge in [0.15, 0.2) is 0 Å². The largest absolute Gasteiger partial charge is 0.481 e. The molecule has 0 saturated carbocycles. The molecule has 0 aromatic rings. The fourth-order valence-electron chi connectivity index (χ4n) is 1.03. The molecule has 0 amide bonds. The van der Waals surface area contributed by atoms with Gasteiger partial charge in [-0.2, -0.15) is 0 Å². The van der Waals surface area contributed by atoms with Crippen LogP contribution in [0.1, 0.15) is 12.8 Å². The minimum Gasteiger partial charge on any atom is -0.481 e. The Morgan fingerprint density at radius 3 is 2.57 bits per heavy atom. The van der Waals surface area contributed by atoms with Gasteiger partial charge in [-0.15, -0.1) is 0 Å². The molecule has 14 heavy (non-hydrogen) atoms. The van der Waals surface area contributed by atoms with E-state index in [1.165, 1.54) is 0 Å². The van der Waals surface area contributed by atoms with Gasteiger partial charge in [-0.05, 0) is 6.42 Å². The van der Waals surface area contributed by atoms with Crippen molar-refractivity contribution in [2.45, 2.75) is 18.9 Å². The van der Waals surface area contributed by atoms with Gasteiger partial charge in [-0.25, -0.2) is 13.1 Å². The number of rotatable bonds is 6. The van der Waals surface area contributed by atoms with E-state index in [0.29, 0.717) is 13.2 Å². The van der Waals surface area contributed by atoms with Gasteiger partial charge in [-0.3, -0.25) is 4.79 Å². The van der Waals surface area contributed by atoms with Crippen LogP contribution in [0.5, 0.6) is 0 Å².